The molecule has 2 N–H and O–H groups in total. The largest absolute Gasteiger partial charge is 0.481 e. The van der Waals surface area contributed by atoms with Gasteiger partial charge in [0, 0.05) is 18.2 Å². The molecule has 5 nitrogen and oxygen atoms in total. The standard InChI is InChI=1S/C14H18N2O3/c1-9(15-2)14(19)16-8-10(7-13(17)18)11-5-3-4-6-12(11)16/h3-6,9-10,15H,7-8H2,1-2H3,(H,17,18). The first-order valence-corrected chi connectivity index (χ1v) is 6.34. The molecule has 1 aliphatic heterocycles. The highest BCUT2D eigenvalue weighted by Crippen LogP contribution is 2.38. The Hall–Kier alpha value is -1.88. The van der Waals surface area contributed by atoms with Crippen molar-refractivity contribution in [2.75, 3.05) is 18.5 Å². The van der Waals surface area contributed by atoms with Gasteiger partial charge in [-0.1, -0.05) is 18.2 Å². The molecule has 2 rings (SSSR count). The Kier molecular flexibility index (Phi) is 3.85. The van der Waals surface area contributed by atoms with Gasteiger partial charge in [-0.05, 0) is 25.6 Å². The van der Waals surface area contributed by atoms with Crippen molar-refractivity contribution in [1.82, 2.24) is 5.32 Å². The number of fused-ring (bicyclic) bond motifs is 1. The molecule has 2 unspecified atom stereocenters. The number of aliphatic carboxylic acids is 1. The number of nitrogens with zero attached hydrogens (tertiary/aromatic N) is 1. The van der Waals surface area contributed by atoms with Gasteiger partial charge in [0.2, 0.25) is 5.91 Å². The summed E-state index contributed by atoms with van der Waals surface area (Å²) >= 11 is 0. The number of benzene rings is 1. The molecule has 1 aliphatic rings. The summed E-state index contributed by atoms with van der Waals surface area (Å²) < 4.78 is 0. The minimum atomic E-state index is -0.837. The lowest BCUT2D eigenvalue weighted by molar-refractivity contribution is -0.137. The number of nitrogens with one attached hydrogen (secondary N) is 1. The number of rotatable bonds is 4. The topological polar surface area (TPSA) is 69.6 Å². The lowest BCUT2D eigenvalue weighted by Crippen LogP contribution is -2.43. The maximum Gasteiger partial charge on any atom is 0.304 e. The Labute approximate surface area is 112 Å². The molecule has 2 atom stereocenters. The molecule has 1 amide bonds. The summed E-state index contributed by atoms with van der Waals surface area (Å²) in [6, 6.07) is 7.24. The Morgan fingerprint density at radius 3 is 2.79 bits per heavy atom. The number of carbonyl (C=O) groups is 2. The summed E-state index contributed by atoms with van der Waals surface area (Å²) in [6.07, 6.45) is 0.0503. The van der Waals surface area contributed by atoms with Crippen LogP contribution in [-0.2, 0) is 9.59 Å². The predicted molar refractivity (Wildman–Crippen MR) is 72.3 cm³/mol. The lowest BCUT2D eigenvalue weighted by Gasteiger charge is -2.21. The molecule has 1 aromatic carbocycles. The number of carboxylic acids is 1. The van der Waals surface area contributed by atoms with E-state index >= 15 is 0 Å². The van der Waals surface area contributed by atoms with E-state index in [9.17, 15) is 9.59 Å². The van der Waals surface area contributed by atoms with E-state index in [4.69, 9.17) is 5.11 Å². The zero-order valence-electron chi connectivity index (χ0n) is 11.1. The molecule has 5 heteroatoms. The van der Waals surface area contributed by atoms with Crippen molar-refractivity contribution in [1.29, 1.82) is 0 Å². The van der Waals surface area contributed by atoms with Crippen LogP contribution in [0.2, 0.25) is 0 Å². The monoisotopic (exact) mass is 262 g/mol. The third-order valence-corrected chi connectivity index (χ3v) is 3.56. The molecule has 0 aromatic heterocycles. The number of likely N-dealkylation sites (N-methyl/N-ethyl adjacent to an activating group) is 1. The van der Waals surface area contributed by atoms with Crippen LogP contribution in [0.15, 0.2) is 24.3 Å². The highest BCUT2D eigenvalue weighted by Gasteiger charge is 2.34. The number of hydrogen-bond acceptors (Lipinski definition) is 3. The molecule has 0 bridgehead atoms. The number of para-hydroxylation sites is 1. The summed E-state index contributed by atoms with van der Waals surface area (Å²) in [5, 5.41) is 11.9. The highest BCUT2D eigenvalue weighted by molar-refractivity contribution is 5.99. The third kappa shape index (κ3) is 2.61. The minimum absolute atomic E-state index is 0.0251. The van der Waals surface area contributed by atoms with E-state index in [1.807, 2.05) is 24.3 Å². The average Bonchev–Trinajstić information content (AvgIpc) is 2.75. The second-order valence-electron chi connectivity index (χ2n) is 4.81. The van der Waals surface area contributed by atoms with Crippen LogP contribution in [0.5, 0.6) is 0 Å². The van der Waals surface area contributed by atoms with Gasteiger partial charge < -0.3 is 15.3 Å². The molecular weight excluding hydrogens is 244 g/mol. The van der Waals surface area contributed by atoms with Crippen molar-refractivity contribution in [3.63, 3.8) is 0 Å². The first-order chi connectivity index (χ1) is 9.04. The number of anilines is 1. The van der Waals surface area contributed by atoms with E-state index in [0.717, 1.165) is 11.3 Å². The number of carbonyl (C=O) groups excluding carboxylic acids is 1. The molecule has 0 aliphatic carbocycles. The van der Waals surface area contributed by atoms with Gasteiger partial charge in [-0.3, -0.25) is 9.59 Å². The molecule has 19 heavy (non-hydrogen) atoms. The predicted octanol–water partition coefficient (Wildman–Crippen LogP) is 1.20. The molecular formula is C14H18N2O3. The molecule has 102 valence electrons. The Bertz CT molecular complexity index is 501. The van der Waals surface area contributed by atoms with Gasteiger partial charge in [0.1, 0.15) is 0 Å². The van der Waals surface area contributed by atoms with Crippen LogP contribution in [0.3, 0.4) is 0 Å². The molecule has 0 radical (unpaired) electrons. The highest BCUT2D eigenvalue weighted by atomic mass is 16.4. The molecule has 0 saturated carbocycles. The fraction of sp³-hybridized carbons (Fsp3) is 0.429. The first kappa shape index (κ1) is 13.5. The molecule has 0 fully saturated rings. The second kappa shape index (κ2) is 5.40. The van der Waals surface area contributed by atoms with Crippen LogP contribution in [0.4, 0.5) is 5.69 Å². The van der Waals surface area contributed by atoms with Gasteiger partial charge in [0.15, 0.2) is 0 Å². The zero-order valence-corrected chi connectivity index (χ0v) is 11.1. The normalized spacial score (nSPS) is 19.1. The van der Waals surface area contributed by atoms with E-state index in [2.05, 4.69) is 5.32 Å². The van der Waals surface area contributed by atoms with Gasteiger partial charge in [-0.25, -0.2) is 0 Å². The van der Waals surface area contributed by atoms with Crippen LogP contribution in [0.1, 0.15) is 24.8 Å². The fourth-order valence-corrected chi connectivity index (χ4v) is 2.45. The summed E-state index contributed by atoms with van der Waals surface area (Å²) in [4.78, 5) is 24.9. The summed E-state index contributed by atoms with van der Waals surface area (Å²) in [5.74, 6) is -0.986. The maximum atomic E-state index is 12.3. The van der Waals surface area contributed by atoms with E-state index in [-0.39, 0.29) is 24.3 Å². The van der Waals surface area contributed by atoms with Crippen molar-refractivity contribution >= 4 is 17.6 Å². The second-order valence-corrected chi connectivity index (χ2v) is 4.81. The number of carboxylic acid groups (broad SMARTS) is 1. The quantitative estimate of drug-likeness (QED) is 0.855. The lowest BCUT2D eigenvalue weighted by atomic mass is 9.98. The smallest absolute Gasteiger partial charge is 0.304 e. The van der Waals surface area contributed by atoms with Crippen molar-refractivity contribution < 1.29 is 14.7 Å². The third-order valence-electron chi connectivity index (χ3n) is 3.56. The fourth-order valence-electron chi connectivity index (χ4n) is 2.45. The molecule has 0 saturated heterocycles. The number of amides is 1. The Morgan fingerprint density at radius 2 is 2.16 bits per heavy atom. The van der Waals surface area contributed by atoms with Crippen LogP contribution < -0.4 is 10.2 Å². The zero-order chi connectivity index (χ0) is 14.0. The number of hydrogen-bond donors (Lipinski definition) is 2. The van der Waals surface area contributed by atoms with Gasteiger partial charge in [-0.2, -0.15) is 0 Å². The Balaban J connectivity index is 2.30. The van der Waals surface area contributed by atoms with E-state index in [1.165, 1.54) is 0 Å². The van der Waals surface area contributed by atoms with Crippen LogP contribution in [-0.4, -0.2) is 36.6 Å². The van der Waals surface area contributed by atoms with Gasteiger partial charge in [0.05, 0.1) is 12.5 Å². The average molecular weight is 262 g/mol. The van der Waals surface area contributed by atoms with Crippen LogP contribution >= 0.6 is 0 Å². The Morgan fingerprint density at radius 1 is 1.47 bits per heavy atom. The van der Waals surface area contributed by atoms with Crippen molar-refractivity contribution in [3.8, 4) is 0 Å². The van der Waals surface area contributed by atoms with Crippen LogP contribution in [0, 0.1) is 0 Å². The van der Waals surface area contributed by atoms with Gasteiger partial charge in [0.25, 0.3) is 0 Å². The van der Waals surface area contributed by atoms with E-state index in [0.29, 0.717) is 6.54 Å². The van der Waals surface area contributed by atoms with E-state index in [1.54, 1.807) is 18.9 Å². The minimum Gasteiger partial charge on any atom is -0.481 e. The SMILES string of the molecule is CNC(C)C(=O)N1CC(CC(=O)O)c2ccccc21. The molecule has 0 spiro atoms. The first-order valence-electron chi connectivity index (χ1n) is 6.34. The van der Waals surface area contributed by atoms with Crippen molar-refractivity contribution in [2.45, 2.75) is 25.3 Å². The van der Waals surface area contributed by atoms with Crippen LogP contribution in [0.25, 0.3) is 0 Å². The summed E-state index contributed by atoms with van der Waals surface area (Å²) in [6.45, 7) is 2.24. The van der Waals surface area contributed by atoms with Crippen molar-refractivity contribution in [2.24, 2.45) is 0 Å². The van der Waals surface area contributed by atoms with Crippen molar-refractivity contribution in [3.05, 3.63) is 29.8 Å². The van der Waals surface area contributed by atoms with Gasteiger partial charge in [-0.15, -0.1) is 0 Å². The molecule has 1 aromatic rings. The maximum absolute atomic E-state index is 12.3. The molecule has 1 heterocycles. The summed E-state index contributed by atoms with van der Waals surface area (Å²) in [7, 11) is 1.74. The summed E-state index contributed by atoms with van der Waals surface area (Å²) in [5.41, 5.74) is 1.78. The van der Waals surface area contributed by atoms with E-state index < -0.39 is 5.97 Å². The van der Waals surface area contributed by atoms with Gasteiger partial charge >= 0.3 is 5.97 Å².